The number of aromatic nitrogens is 1. The van der Waals surface area contributed by atoms with Crippen LogP contribution < -0.4 is 10.1 Å². The molecule has 26 heavy (non-hydrogen) atoms. The second-order valence-electron chi connectivity index (χ2n) is 7.21. The molecule has 1 aromatic heterocycles. The lowest BCUT2D eigenvalue weighted by atomic mass is 9.99. The zero-order chi connectivity index (χ0) is 18.5. The maximum atomic E-state index is 12.1. The van der Waals surface area contributed by atoms with Crippen LogP contribution in [0.3, 0.4) is 0 Å². The van der Waals surface area contributed by atoms with Crippen molar-refractivity contribution in [2.24, 2.45) is 5.92 Å². The number of thiazole rings is 1. The van der Waals surface area contributed by atoms with Gasteiger partial charge in [-0.2, -0.15) is 0 Å². The number of anilines is 1. The predicted octanol–water partition coefficient (Wildman–Crippen LogP) is 4.01. The average molecular weight is 374 g/mol. The number of benzene rings is 1. The van der Waals surface area contributed by atoms with Gasteiger partial charge < -0.3 is 4.74 Å². The Hall–Kier alpha value is -1.92. The molecule has 2 heterocycles. The largest absolute Gasteiger partial charge is 0.483 e. The second kappa shape index (κ2) is 8.64. The summed E-state index contributed by atoms with van der Waals surface area (Å²) >= 11 is 1.47. The van der Waals surface area contributed by atoms with Crippen LogP contribution in [0.2, 0.25) is 0 Å². The highest BCUT2D eigenvalue weighted by atomic mass is 32.1. The normalized spacial score (nSPS) is 15.8. The van der Waals surface area contributed by atoms with E-state index in [1.165, 1.54) is 24.2 Å². The van der Waals surface area contributed by atoms with Crippen molar-refractivity contribution in [2.75, 3.05) is 25.0 Å². The van der Waals surface area contributed by atoms with Crippen LogP contribution in [-0.4, -0.2) is 35.5 Å². The highest BCUT2D eigenvalue weighted by Gasteiger charge is 2.17. The predicted molar refractivity (Wildman–Crippen MR) is 106 cm³/mol. The van der Waals surface area contributed by atoms with E-state index in [4.69, 9.17) is 4.74 Å². The van der Waals surface area contributed by atoms with Crippen molar-refractivity contribution in [3.63, 3.8) is 0 Å². The van der Waals surface area contributed by atoms with Gasteiger partial charge in [-0.25, -0.2) is 4.98 Å². The summed E-state index contributed by atoms with van der Waals surface area (Å²) in [5.74, 6) is 1.39. The van der Waals surface area contributed by atoms with Crippen molar-refractivity contribution in [3.05, 3.63) is 40.4 Å². The Morgan fingerprint density at radius 2 is 2.12 bits per heavy atom. The Bertz CT molecular complexity index is 751. The fraction of sp³-hybridized carbons (Fsp3) is 0.500. The summed E-state index contributed by atoms with van der Waals surface area (Å²) < 4.78 is 5.65. The van der Waals surface area contributed by atoms with E-state index in [-0.39, 0.29) is 12.5 Å². The topological polar surface area (TPSA) is 54.5 Å². The third-order valence-corrected chi connectivity index (χ3v) is 5.57. The molecule has 5 nitrogen and oxygen atoms in total. The molecule has 0 radical (unpaired) electrons. The highest BCUT2D eigenvalue weighted by molar-refractivity contribution is 7.13. The minimum atomic E-state index is -0.182. The molecule has 1 N–H and O–H groups in total. The average Bonchev–Trinajstić information content (AvgIpc) is 3.04. The number of aryl methyl sites for hydroxylation is 2. The molecule has 1 aromatic carbocycles. The lowest BCUT2D eigenvalue weighted by Gasteiger charge is -2.29. The number of carbonyl (C=O) groups is 1. The molecule has 1 aliphatic heterocycles. The molecule has 0 spiro atoms. The number of hydrogen-bond donors (Lipinski definition) is 1. The summed E-state index contributed by atoms with van der Waals surface area (Å²) in [6, 6.07) is 5.98. The van der Waals surface area contributed by atoms with Crippen LogP contribution in [0, 0.1) is 19.8 Å². The van der Waals surface area contributed by atoms with Crippen LogP contribution in [-0.2, 0) is 11.3 Å². The molecule has 1 fully saturated rings. The van der Waals surface area contributed by atoms with E-state index in [1.54, 1.807) is 0 Å². The Kier molecular flexibility index (Phi) is 6.27. The summed E-state index contributed by atoms with van der Waals surface area (Å²) in [7, 11) is 0. The minimum absolute atomic E-state index is 0.0107. The van der Waals surface area contributed by atoms with Gasteiger partial charge in [0.1, 0.15) is 5.75 Å². The molecule has 2 aromatic rings. The van der Waals surface area contributed by atoms with Gasteiger partial charge in [-0.05, 0) is 62.9 Å². The van der Waals surface area contributed by atoms with Crippen LogP contribution >= 0.6 is 11.3 Å². The fourth-order valence-electron chi connectivity index (χ4n) is 3.05. The van der Waals surface area contributed by atoms with Gasteiger partial charge in [0, 0.05) is 11.9 Å². The van der Waals surface area contributed by atoms with Crippen molar-refractivity contribution in [1.82, 2.24) is 9.88 Å². The van der Waals surface area contributed by atoms with Crippen molar-refractivity contribution in [3.8, 4) is 5.75 Å². The number of likely N-dealkylation sites (tertiary alicyclic amines) is 1. The first-order valence-corrected chi connectivity index (χ1v) is 10.0. The van der Waals surface area contributed by atoms with E-state index in [1.807, 2.05) is 37.4 Å². The first-order chi connectivity index (χ1) is 12.5. The monoisotopic (exact) mass is 373 g/mol. The molecule has 1 aliphatic rings. The van der Waals surface area contributed by atoms with E-state index >= 15 is 0 Å². The number of nitrogens with one attached hydrogen (secondary N) is 1. The molecule has 140 valence electrons. The summed E-state index contributed by atoms with van der Waals surface area (Å²) in [6.45, 7) is 9.40. The maximum absolute atomic E-state index is 12.1. The van der Waals surface area contributed by atoms with E-state index < -0.39 is 0 Å². The molecule has 0 atom stereocenters. The molecule has 0 aliphatic carbocycles. The van der Waals surface area contributed by atoms with Crippen molar-refractivity contribution >= 4 is 22.4 Å². The molecule has 0 bridgehead atoms. The summed E-state index contributed by atoms with van der Waals surface area (Å²) in [5.41, 5.74) is 3.16. The van der Waals surface area contributed by atoms with Gasteiger partial charge in [0.2, 0.25) is 0 Å². The SMILES string of the molecule is Cc1ccc(C)c(OCC(=O)Nc2nc(CN3CCC(C)CC3)cs2)c1. The van der Waals surface area contributed by atoms with E-state index in [2.05, 4.69) is 22.1 Å². The molecular weight excluding hydrogens is 346 g/mol. The lowest BCUT2D eigenvalue weighted by molar-refractivity contribution is -0.118. The molecule has 1 saturated heterocycles. The first-order valence-electron chi connectivity index (χ1n) is 9.16. The van der Waals surface area contributed by atoms with Crippen LogP contribution in [0.5, 0.6) is 5.75 Å². The zero-order valence-corrected chi connectivity index (χ0v) is 16.6. The third-order valence-electron chi connectivity index (χ3n) is 4.76. The van der Waals surface area contributed by atoms with Crippen LogP contribution in [0.25, 0.3) is 0 Å². The molecule has 0 unspecified atom stereocenters. The Balaban J connectivity index is 1.47. The highest BCUT2D eigenvalue weighted by Crippen LogP contribution is 2.22. The smallest absolute Gasteiger partial charge is 0.264 e. The number of hydrogen-bond acceptors (Lipinski definition) is 5. The van der Waals surface area contributed by atoms with Crippen molar-refractivity contribution in [2.45, 2.75) is 40.2 Å². The van der Waals surface area contributed by atoms with Gasteiger partial charge in [-0.15, -0.1) is 11.3 Å². The van der Waals surface area contributed by atoms with Gasteiger partial charge in [-0.3, -0.25) is 15.0 Å². The molecular formula is C20H27N3O2S. The second-order valence-corrected chi connectivity index (χ2v) is 8.07. The summed E-state index contributed by atoms with van der Waals surface area (Å²) in [4.78, 5) is 19.1. The zero-order valence-electron chi connectivity index (χ0n) is 15.7. The number of amides is 1. The molecule has 0 saturated carbocycles. The Morgan fingerprint density at radius 3 is 2.88 bits per heavy atom. The van der Waals surface area contributed by atoms with Crippen LogP contribution in [0.4, 0.5) is 5.13 Å². The van der Waals surface area contributed by atoms with E-state index in [9.17, 15) is 4.79 Å². The van der Waals surface area contributed by atoms with Crippen molar-refractivity contribution < 1.29 is 9.53 Å². The molecule has 3 rings (SSSR count). The Labute approximate surface area is 159 Å². The molecule has 1 amide bonds. The Morgan fingerprint density at radius 1 is 1.35 bits per heavy atom. The quantitative estimate of drug-likeness (QED) is 0.831. The summed E-state index contributed by atoms with van der Waals surface area (Å²) in [5, 5.41) is 5.50. The van der Waals surface area contributed by atoms with E-state index in [0.717, 1.165) is 48.1 Å². The molecule has 6 heteroatoms. The lowest BCUT2D eigenvalue weighted by Crippen LogP contribution is -2.32. The summed E-state index contributed by atoms with van der Waals surface area (Å²) in [6.07, 6.45) is 2.51. The number of rotatable bonds is 6. The number of nitrogens with zero attached hydrogens (tertiary/aromatic N) is 2. The fourth-order valence-corrected chi connectivity index (χ4v) is 3.77. The maximum Gasteiger partial charge on any atom is 0.264 e. The van der Waals surface area contributed by atoms with Crippen molar-refractivity contribution in [1.29, 1.82) is 0 Å². The number of carbonyl (C=O) groups excluding carboxylic acids is 1. The third kappa shape index (κ3) is 5.29. The van der Waals surface area contributed by atoms with Gasteiger partial charge >= 0.3 is 0 Å². The van der Waals surface area contributed by atoms with E-state index in [0.29, 0.717) is 5.13 Å². The van der Waals surface area contributed by atoms with Gasteiger partial charge in [0.25, 0.3) is 5.91 Å². The standard InChI is InChI=1S/C20H27N3O2S/c1-14-6-8-23(9-7-14)11-17-13-26-20(21-17)22-19(24)12-25-18-10-15(2)4-5-16(18)3/h4-5,10,13-14H,6-9,11-12H2,1-3H3,(H,21,22,24). The number of piperidine rings is 1. The van der Waals surface area contributed by atoms with Gasteiger partial charge in [0.15, 0.2) is 11.7 Å². The first kappa shape index (κ1) is 18.9. The van der Waals surface area contributed by atoms with Gasteiger partial charge in [0.05, 0.1) is 5.69 Å². The van der Waals surface area contributed by atoms with Crippen LogP contribution in [0.15, 0.2) is 23.6 Å². The minimum Gasteiger partial charge on any atom is -0.483 e. The number of ether oxygens (including phenoxy) is 1. The van der Waals surface area contributed by atoms with Crippen LogP contribution in [0.1, 0.15) is 36.6 Å². The van der Waals surface area contributed by atoms with Gasteiger partial charge in [-0.1, -0.05) is 19.1 Å².